The van der Waals surface area contributed by atoms with Crippen LogP contribution in [-0.4, -0.2) is 9.85 Å². The fourth-order valence-corrected chi connectivity index (χ4v) is 7.08. The maximum absolute atomic E-state index is 11.4. The minimum atomic E-state index is -0.0504. The van der Waals surface area contributed by atoms with Crippen LogP contribution in [0.15, 0.2) is 11.0 Å². The van der Waals surface area contributed by atoms with Gasteiger partial charge in [-0.25, -0.2) is 0 Å². The number of rotatable bonds is 12. The summed E-state index contributed by atoms with van der Waals surface area (Å²) >= 11 is 2.17. The van der Waals surface area contributed by atoms with Gasteiger partial charge >= 0.3 is 0 Å². The smallest absolute Gasteiger partial charge is 0.123 e. The lowest BCUT2D eigenvalue weighted by Gasteiger charge is -2.30. The molecule has 0 aromatic heterocycles. The average molecular weight is 461 g/mol. The molecule has 32 heavy (non-hydrogen) atoms. The molecule has 2 rings (SSSR count). The lowest BCUT2D eigenvalue weighted by atomic mass is 9.75. The molecule has 0 bridgehead atoms. The molecule has 1 aliphatic heterocycles. The number of hydrogen-bond donors (Lipinski definition) is 1. The van der Waals surface area contributed by atoms with Crippen LogP contribution in [0.25, 0.3) is 0 Å². The van der Waals surface area contributed by atoms with Crippen LogP contribution in [-0.2, 0) is 17.3 Å². The summed E-state index contributed by atoms with van der Waals surface area (Å²) < 4.78 is 0.323. The molecule has 0 radical (unpaired) electrons. The first-order valence-electron chi connectivity index (χ1n) is 13.5. The van der Waals surface area contributed by atoms with Gasteiger partial charge in [0.2, 0.25) is 0 Å². The molecule has 1 aliphatic rings. The molecule has 2 heteroatoms. The first kappa shape index (κ1) is 27.6. The predicted molar refractivity (Wildman–Crippen MR) is 145 cm³/mol. The highest BCUT2D eigenvalue weighted by Gasteiger charge is 2.42. The zero-order chi connectivity index (χ0) is 24.0. The number of fused-ring (bicyclic) bond motifs is 1. The second-order valence-electron chi connectivity index (χ2n) is 12.4. The molecule has 1 heterocycles. The van der Waals surface area contributed by atoms with Gasteiger partial charge in [-0.2, -0.15) is 0 Å². The lowest BCUT2D eigenvalue weighted by molar-refractivity contribution is 0.414. The number of phenols is 1. The summed E-state index contributed by atoms with van der Waals surface area (Å²) in [6, 6.07) is 2.35. The van der Waals surface area contributed by atoms with Crippen LogP contribution >= 0.6 is 11.8 Å². The van der Waals surface area contributed by atoms with E-state index in [1.54, 1.807) is 0 Å². The molecule has 0 unspecified atom stereocenters. The minimum absolute atomic E-state index is 0.0473. The minimum Gasteiger partial charge on any atom is -0.507 e. The summed E-state index contributed by atoms with van der Waals surface area (Å²) in [7, 11) is 0. The Morgan fingerprint density at radius 1 is 0.781 bits per heavy atom. The van der Waals surface area contributed by atoms with E-state index < -0.39 is 0 Å². The van der Waals surface area contributed by atoms with E-state index in [1.807, 2.05) is 0 Å². The Labute approximate surface area is 204 Å². The van der Waals surface area contributed by atoms with Crippen LogP contribution in [0.2, 0.25) is 0 Å². The van der Waals surface area contributed by atoms with Crippen molar-refractivity contribution in [1.29, 1.82) is 0 Å². The van der Waals surface area contributed by atoms with E-state index in [0.717, 1.165) is 12.0 Å². The van der Waals surface area contributed by atoms with Crippen molar-refractivity contribution in [2.75, 3.05) is 0 Å². The van der Waals surface area contributed by atoms with E-state index in [1.165, 1.54) is 93.1 Å². The third-order valence-electron chi connectivity index (χ3n) is 7.22. The monoisotopic (exact) mass is 460 g/mol. The quantitative estimate of drug-likeness (QED) is 0.313. The Hall–Kier alpha value is -0.630. The van der Waals surface area contributed by atoms with Gasteiger partial charge in [0, 0.05) is 20.8 Å². The van der Waals surface area contributed by atoms with Gasteiger partial charge in [-0.3, -0.25) is 0 Å². The molecule has 1 nitrogen and oxygen atoms in total. The highest BCUT2D eigenvalue weighted by molar-refractivity contribution is 8.01. The molecule has 184 valence electrons. The number of hydrogen-bond acceptors (Lipinski definition) is 2. The van der Waals surface area contributed by atoms with Gasteiger partial charge in [0.1, 0.15) is 5.75 Å². The Balaban J connectivity index is 2.34. The highest BCUT2D eigenvalue weighted by atomic mass is 32.2. The first-order valence-corrected chi connectivity index (χ1v) is 14.4. The summed E-state index contributed by atoms with van der Waals surface area (Å²) in [5, 5.41) is 11.4. The number of benzene rings is 1. The summed E-state index contributed by atoms with van der Waals surface area (Å²) in [5.41, 5.74) is 3.69. The van der Waals surface area contributed by atoms with E-state index in [9.17, 15) is 5.11 Å². The zero-order valence-corrected chi connectivity index (χ0v) is 23.4. The summed E-state index contributed by atoms with van der Waals surface area (Å²) in [5.74, 6) is 0.561. The Morgan fingerprint density at radius 3 is 1.72 bits per heavy atom. The number of aromatic hydroxyl groups is 1. The molecule has 1 N–H and O–H groups in total. The second kappa shape index (κ2) is 11.7. The maximum atomic E-state index is 11.4. The van der Waals surface area contributed by atoms with Crippen molar-refractivity contribution in [1.82, 2.24) is 0 Å². The summed E-state index contributed by atoms with van der Waals surface area (Å²) in [6.07, 6.45) is 17.3. The van der Waals surface area contributed by atoms with Gasteiger partial charge < -0.3 is 5.11 Å². The fourth-order valence-electron chi connectivity index (χ4n) is 5.43. The van der Waals surface area contributed by atoms with E-state index in [2.05, 4.69) is 73.2 Å². The van der Waals surface area contributed by atoms with Gasteiger partial charge in [-0.05, 0) is 41.7 Å². The van der Waals surface area contributed by atoms with Crippen LogP contribution in [0.4, 0.5) is 0 Å². The lowest BCUT2D eigenvalue weighted by Crippen LogP contribution is -2.25. The molecule has 1 aromatic rings. The van der Waals surface area contributed by atoms with Crippen molar-refractivity contribution in [3.8, 4) is 5.75 Å². The number of phenolic OH excluding ortho intramolecular Hbond substituents is 1. The third kappa shape index (κ3) is 7.18. The van der Waals surface area contributed by atoms with E-state index in [-0.39, 0.29) is 10.8 Å². The normalized spacial score (nSPS) is 15.9. The van der Waals surface area contributed by atoms with Gasteiger partial charge in [0.25, 0.3) is 0 Å². The Kier molecular flexibility index (Phi) is 10.1. The van der Waals surface area contributed by atoms with Crippen molar-refractivity contribution in [3.63, 3.8) is 0 Å². The summed E-state index contributed by atoms with van der Waals surface area (Å²) in [4.78, 5) is 1.46. The summed E-state index contributed by atoms with van der Waals surface area (Å²) in [6.45, 7) is 18.1. The standard InChI is InChI=1S/C30H52OS/c1-9-11-13-15-17-19-30(20-18-16-14-12-10-2)22-23-25(32-30)21-24(28(3,4)5)27(31)26(23)29(6,7)8/h21,31H,9-20,22H2,1-8H3. The SMILES string of the molecule is CCCCCCCC1(CCCCCCC)Cc2c(cc(C(C)(C)C)c(O)c2C(C)(C)C)S1. The molecule has 0 saturated heterocycles. The van der Waals surface area contributed by atoms with Gasteiger partial charge in [0.15, 0.2) is 0 Å². The molecular weight excluding hydrogens is 408 g/mol. The molecule has 0 amide bonds. The molecule has 0 saturated carbocycles. The number of unbranched alkanes of at least 4 members (excludes halogenated alkanes) is 8. The topological polar surface area (TPSA) is 20.2 Å². The van der Waals surface area contributed by atoms with Gasteiger partial charge in [-0.15, -0.1) is 11.8 Å². The van der Waals surface area contributed by atoms with Crippen LogP contribution in [0.3, 0.4) is 0 Å². The van der Waals surface area contributed by atoms with Crippen molar-refractivity contribution in [2.45, 2.75) is 159 Å². The van der Waals surface area contributed by atoms with Gasteiger partial charge in [0.05, 0.1) is 0 Å². The average Bonchev–Trinajstić information content (AvgIpc) is 3.03. The van der Waals surface area contributed by atoms with Crippen molar-refractivity contribution >= 4 is 11.8 Å². The van der Waals surface area contributed by atoms with Crippen molar-refractivity contribution in [2.24, 2.45) is 0 Å². The molecular formula is C30H52OS. The molecule has 1 aromatic carbocycles. The second-order valence-corrected chi connectivity index (χ2v) is 13.9. The van der Waals surface area contributed by atoms with Crippen LogP contribution in [0.5, 0.6) is 5.75 Å². The van der Waals surface area contributed by atoms with E-state index in [4.69, 9.17) is 0 Å². The molecule has 0 fully saturated rings. The van der Waals surface area contributed by atoms with Crippen molar-refractivity contribution in [3.05, 3.63) is 22.8 Å². The van der Waals surface area contributed by atoms with Crippen molar-refractivity contribution < 1.29 is 5.11 Å². The highest BCUT2D eigenvalue weighted by Crippen LogP contribution is 2.56. The van der Waals surface area contributed by atoms with E-state index in [0.29, 0.717) is 10.5 Å². The molecule has 0 atom stereocenters. The Bertz CT molecular complexity index is 706. The Morgan fingerprint density at radius 2 is 1.28 bits per heavy atom. The van der Waals surface area contributed by atoms with Crippen LogP contribution < -0.4 is 0 Å². The van der Waals surface area contributed by atoms with Crippen LogP contribution in [0, 0.1) is 0 Å². The third-order valence-corrected chi connectivity index (χ3v) is 8.79. The largest absolute Gasteiger partial charge is 0.507 e. The fraction of sp³-hybridized carbons (Fsp3) is 0.800. The molecule has 0 spiro atoms. The first-order chi connectivity index (χ1) is 14.9. The van der Waals surface area contributed by atoms with Gasteiger partial charge in [-0.1, -0.05) is 120 Å². The maximum Gasteiger partial charge on any atom is 0.123 e. The number of thioether (sulfide) groups is 1. The van der Waals surface area contributed by atoms with E-state index >= 15 is 0 Å². The van der Waals surface area contributed by atoms with Crippen LogP contribution in [0.1, 0.15) is 149 Å². The zero-order valence-electron chi connectivity index (χ0n) is 22.6. The molecule has 0 aliphatic carbocycles. The predicted octanol–water partition coefficient (Wildman–Crippen LogP) is 10.1.